The number of benzene rings is 1. The van der Waals surface area contributed by atoms with Gasteiger partial charge in [-0.1, -0.05) is 29.8 Å². The van der Waals surface area contributed by atoms with E-state index in [0.717, 1.165) is 5.56 Å². The van der Waals surface area contributed by atoms with E-state index in [2.05, 4.69) is 4.84 Å². The lowest BCUT2D eigenvalue weighted by molar-refractivity contribution is 0.0816. The molecule has 1 atom stereocenters. The van der Waals surface area contributed by atoms with Crippen LogP contribution in [0.3, 0.4) is 0 Å². The fourth-order valence-corrected chi connectivity index (χ4v) is 1.05. The number of alkyl halides is 1. The maximum absolute atomic E-state index is 13.1. The summed E-state index contributed by atoms with van der Waals surface area (Å²) in [6, 6.07) is 7.23. The van der Waals surface area contributed by atoms with Gasteiger partial charge in [0.25, 0.3) is 0 Å². The van der Waals surface area contributed by atoms with Gasteiger partial charge in [-0.3, -0.25) is 0 Å². The molecule has 12 heavy (non-hydrogen) atoms. The lowest BCUT2D eigenvalue weighted by atomic mass is 10.1. The van der Waals surface area contributed by atoms with Crippen LogP contribution in [0.15, 0.2) is 24.3 Å². The van der Waals surface area contributed by atoms with Crippen molar-refractivity contribution in [2.45, 2.75) is 13.1 Å². The number of nitrogens with two attached hydrogens (primary N) is 1. The lowest BCUT2D eigenvalue weighted by Crippen LogP contribution is -2.07. The molecule has 0 aliphatic heterocycles. The molecule has 0 amide bonds. The molecule has 66 valence electrons. The molecule has 0 heterocycles. The zero-order chi connectivity index (χ0) is 8.97. The summed E-state index contributed by atoms with van der Waals surface area (Å²) in [5.74, 6) is 4.76. The average molecular weight is 169 g/mol. The monoisotopic (exact) mass is 169 g/mol. The zero-order valence-electron chi connectivity index (χ0n) is 6.96. The fraction of sp³-hybridized carbons (Fsp3) is 0.333. The van der Waals surface area contributed by atoms with Crippen LogP contribution in [0.4, 0.5) is 4.39 Å². The Morgan fingerprint density at radius 3 is 2.92 bits per heavy atom. The van der Waals surface area contributed by atoms with E-state index in [-0.39, 0.29) is 6.61 Å². The number of rotatable bonds is 3. The summed E-state index contributed by atoms with van der Waals surface area (Å²) in [5, 5.41) is 0. The van der Waals surface area contributed by atoms with Gasteiger partial charge in [-0.05, 0) is 12.5 Å². The third-order valence-electron chi connectivity index (χ3n) is 1.65. The maximum Gasteiger partial charge on any atom is 0.150 e. The molecule has 0 spiro atoms. The molecular weight excluding hydrogens is 157 g/mol. The number of hydrogen-bond acceptors (Lipinski definition) is 2. The summed E-state index contributed by atoms with van der Waals surface area (Å²) in [6.07, 6.45) is -1.13. The topological polar surface area (TPSA) is 35.2 Å². The van der Waals surface area contributed by atoms with Crippen LogP contribution in [0.5, 0.6) is 0 Å². The zero-order valence-corrected chi connectivity index (χ0v) is 6.96. The first-order valence-electron chi connectivity index (χ1n) is 3.76. The molecule has 0 radical (unpaired) electrons. The third kappa shape index (κ3) is 2.29. The quantitative estimate of drug-likeness (QED) is 0.701. The first kappa shape index (κ1) is 9.16. The van der Waals surface area contributed by atoms with E-state index in [9.17, 15) is 4.39 Å². The minimum atomic E-state index is -1.13. The molecule has 0 aliphatic rings. The van der Waals surface area contributed by atoms with Gasteiger partial charge in [0.05, 0.1) is 0 Å². The van der Waals surface area contributed by atoms with E-state index in [0.29, 0.717) is 5.56 Å². The van der Waals surface area contributed by atoms with Gasteiger partial charge in [0.2, 0.25) is 0 Å². The normalized spacial score (nSPS) is 12.9. The summed E-state index contributed by atoms with van der Waals surface area (Å²) in [4.78, 5) is 4.22. The van der Waals surface area contributed by atoms with Gasteiger partial charge < -0.3 is 4.84 Å². The SMILES string of the molecule is Cc1cccc(C(F)CON)c1. The van der Waals surface area contributed by atoms with Gasteiger partial charge in [-0.2, -0.15) is 0 Å². The Morgan fingerprint density at radius 1 is 1.58 bits per heavy atom. The summed E-state index contributed by atoms with van der Waals surface area (Å²) in [6.45, 7) is 1.82. The summed E-state index contributed by atoms with van der Waals surface area (Å²) >= 11 is 0. The van der Waals surface area contributed by atoms with Crippen LogP contribution in [0.1, 0.15) is 17.3 Å². The molecule has 1 aromatic carbocycles. The predicted octanol–water partition coefficient (Wildman–Crippen LogP) is 1.90. The van der Waals surface area contributed by atoms with E-state index in [4.69, 9.17) is 5.90 Å². The van der Waals surface area contributed by atoms with Gasteiger partial charge in [0.15, 0.2) is 6.17 Å². The van der Waals surface area contributed by atoms with Crippen LogP contribution in [-0.4, -0.2) is 6.61 Å². The molecule has 0 saturated carbocycles. The smallest absolute Gasteiger partial charge is 0.150 e. The third-order valence-corrected chi connectivity index (χ3v) is 1.65. The van der Waals surface area contributed by atoms with Crippen molar-refractivity contribution in [2.75, 3.05) is 6.61 Å². The highest BCUT2D eigenvalue weighted by Gasteiger charge is 2.08. The van der Waals surface area contributed by atoms with Crippen molar-refractivity contribution in [1.82, 2.24) is 0 Å². The van der Waals surface area contributed by atoms with Crippen molar-refractivity contribution in [3.05, 3.63) is 35.4 Å². The van der Waals surface area contributed by atoms with Crippen LogP contribution < -0.4 is 5.90 Å². The minimum absolute atomic E-state index is 0.0938. The van der Waals surface area contributed by atoms with Gasteiger partial charge >= 0.3 is 0 Å². The van der Waals surface area contributed by atoms with Gasteiger partial charge in [-0.15, -0.1) is 0 Å². The molecule has 0 aliphatic carbocycles. The van der Waals surface area contributed by atoms with E-state index < -0.39 is 6.17 Å². The van der Waals surface area contributed by atoms with Crippen LogP contribution in [0.25, 0.3) is 0 Å². The Hall–Kier alpha value is -0.930. The molecular formula is C9H12FNO. The average Bonchev–Trinajstić information content (AvgIpc) is 2.05. The van der Waals surface area contributed by atoms with Crippen LogP contribution in [0, 0.1) is 6.92 Å². The van der Waals surface area contributed by atoms with Crippen LogP contribution in [-0.2, 0) is 4.84 Å². The van der Waals surface area contributed by atoms with Crippen molar-refractivity contribution in [3.63, 3.8) is 0 Å². The van der Waals surface area contributed by atoms with E-state index >= 15 is 0 Å². The molecule has 0 saturated heterocycles. The van der Waals surface area contributed by atoms with Gasteiger partial charge in [0, 0.05) is 0 Å². The van der Waals surface area contributed by atoms with Gasteiger partial charge in [-0.25, -0.2) is 10.3 Å². The second-order valence-corrected chi connectivity index (χ2v) is 2.72. The lowest BCUT2D eigenvalue weighted by Gasteiger charge is -2.06. The summed E-state index contributed by atoms with van der Waals surface area (Å²) in [5.41, 5.74) is 1.65. The van der Waals surface area contributed by atoms with Crippen molar-refractivity contribution in [1.29, 1.82) is 0 Å². The molecule has 1 rings (SSSR count). The van der Waals surface area contributed by atoms with Crippen molar-refractivity contribution in [3.8, 4) is 0 Å². The largest absolute Gasteiger partial charge is 0.301 e. The fourth-order valence-electron chi connectivity index (χ4n) is 1.05. The minimum Gasteiger partial charge on any atom is -0.301 e. The molecule has 3 heteroatoms. The predicted molar refractivity (Wildman–Crippen MR) is 45.2 cm³/mol. The Kier molecular flexibility index (Phi) is 3.19. The van der Waals surface area contributed by atoms with Gasteiger partial charge in [0.1, 0.15) is 6.61 Å². The van der Waals surface area contributed by atoms with E-state index in [1.165, 1.54) is 0 Å². The second-order valence-electron chi connectivity index (χ2n) is 2.72. The maximum atomic E-state index is 13.1. The Balaban J connectivity index is 2.73. The van der Waals surface area contributed by atoms with Crippen LogP contribution >= 0.6 is 0 Å². The molecule has 0 fully saturated rings. The highest BCUT2D eigenvalue weighted by Crippen LogP contribution is 2.17. The summed E-state index contributed by atoms with van der Waals surface area (Å²) < 4.78 is 13.1. The molecule has 0 aromatic heterocycles. The number of halogens is 1. The molecule has 0 bridgehead atoms. The Morgan fingerprint density at radius 2 is 2.33 bits per heavy atom. The van der Waals surface area contributed by atoms with Crippen molar-refractivity contribution < 1.29 is 9.23 Å². The van der Waals surface area contributed by atoms with E-state index in [1.54, 1.807) is 12.1 Å². The van der Waals surface area contributed by atoms with Crippen LogP contribution in [0.2, 0.25) is 0 Å². The second kappa shape index (κ2) is 4.18. The van der Waals surface area contributed by atoms with E-state index in [1.807, 2.05) is 19.1 Å². The Bertz CT molecular complexity index is 252. The number of hydrogen-bond donors (Lipinski definition) is 1. The molecule has 1 aromatic rings. The highest BCUT2D eigenvalue weighted by molar-refractivity contribution is 5.24. The Labute approximate surface area is 71.1 Å². The first-order valence-corrected chi connectivity index (χ1v) is 3.76. The summed E-state index contributed by atoms with van der Waals surface area (Å²) in [7, 11) is 0. The standard InChI is InChI=1S/C9H12FNO/c1-7-3-2-4-8(5-7)9(10)6-12-11/h2-5,9H,6,11H2,1H3. The van der Waals surface area contributed by atoms with Crippen molar-refractivity contribution in [2.24, 2.45) is 5.90 Å². The highest BCUT2D eigenvalue weighted by atomic mass is 19.1. The molecule has 2 nitrogen and oxygen atoms in total. The number of aryl methyl sites for hydroxylation is 1. The molecule has 1 unspecified atom stereocenters. The molecule has 2 N–H and O–H groups in total. The van der Waals surface area contributed by atoms with Crippen molar-refractivity contribution >= 4 is 0 Å². The first-order chi connectivity index (χ1) is 5.74.